The topological polar surface area (TPSA) is 82.9 Å². The molecule has 0 spiro atoms. The average molecular weight is 338 g/mol. The summed E-state index contributed by atoms with van der Waals surface area (Å²) in [4.78, 5) is 13.8. The van der Waals surface area contributed by atoms with E-state index in [1.807, 2.05) is 42.9 Å². The highest BCUT2D eigenvalue weighted by molar-refractivity contribution is 5.71. The summed E-state index contributed by atoms with van der Waals surface area (Å²) in [6.45, 7) is 4.56. The predicted octanol–water partition coefficient (Wildman–Crippen LogP) is 1.09. The second-order valence-electron chi connectivity index (χ2n) is 6.26. The van der Waals surface area contributed by atoms with E-state index < -0.39 is 0 Å². The lowest BCUT2D eigenvalue weighted by molar-refractivity contribution is 0.188. The molecule has 0 radical (unpaired) electrons. The summed E-state index contributed by atoms with van der Waals surface area (Å²) in [5.41, 5.74) is 9.46. The van der Waals surface area contributed by atoms with Crippen molar-refractivity contribution < 1.29 is 5.11 Å². The smallest absolute Gasteiger partial charge is 0.180 e. The second-order valence-corrected chi connectivity index (χ2v) is 6.26. The molecule has 3 N–H and O–H groups in total. The number of aliphatic hydroxyl groups excluding tert-OH is 1. The number of rotatable bonds is 4. The summed E-state index contributed by atoms with van der Waals surface area (Å²) in [5.74, 6) is 0.910. The van der Waals surface area contributed by atoms with E-state index in [0.29, 0.717) is 0 Å². The molecule has 1 saturated heterocycles. The third-order valence-corrected chi connectivity index (χ3v) is 4.70. The number of aliphatic hydroxyl groups is 1. The van der Waals surface area contributed by atoms with Crippen molar-refractivity contribution in [3.8, 4) is 11.3 Å². The van der Waals surface area contributed by atoms with Gasteiger partial charge in [-0.3, -0.25) is 9.30 Å². The zero-order chi connectivity index (χ0) is 17.2. The first-order chi connectivity index (χ1) is 12.3. The third kappa shape index (κ3) is 3.04. The Hall–Kier alpha value is -2.64. The fraction of sp³-hybridized carbons (Fsp3) is 0.333. The van der Waals surface area contributed by atoms with Crippen LogP contribution >= 0.6 is 0 Å². The first kappa shape index (κ1) is 15.9. The van der Waals surface area contributed by atoms with E-state index in [1.54, 1.807) is 0 Å². The molecule has 0 bridgehead atoms. The SMILES string of the molecule is Nc1ccc(-c2cnc(N3CCN(CCO)CC3)c3nccn23)cc1. The summed E-state index contributed by atoms with van der Waals surface area (Å²) in [6.07, 6.45) is 5.67. The number of anilines is 2. The minimum Gasteiger partial charge on any atom is -0.399 e. The molecule has 1 aliphatic heterocycles. The van der Waals surface area contributed by atoms with E-state index in [2.05, 4.69) is 19.2 Å². The van der Waals surface area contributed by atoms with Crippen LogP contribution in [0, 0.1) is 0 Å². The molecular weight excluding hydrogens is 316 g/mol. The van der Waals surface area contributed by atoms with Gasteiger partial charge in [-0.05, 0) is 12.1 Å². The highest BCUT2D eigenvalue weighted by Gasteiger charge is 2.21. The number of fused-ring (bicyclic) bond motifs is 1. The number of β-amino-alcohol motifs (C(OH)–C–C–N with tert-alkyl or cyclic N) is 1. The summed E-state index contributed by atoms with van der Waals surface area (Å²) in [7, 11) is 0. The molecule has 4 rings (SSSR count). The minimum atomic E-state index is 0.207. The lowest BCUT2D eigenvalue weighted by Crippen LogP contribution is -2.47. The summed E-state index contributed by atoms with van der Waals surface area (Å²) in [6, 6.07) is 7.79. The van der Waals surface area contributed by atoms with Crippen LogP contribution in [0.15, 0.2) is 42.9 Å². The molecule has 7 nitrogen and oxygen atoms in total. The Balaban J connectivity index is 1.65. The molecule has 0 atom stereocenters. The van der Waals surface area contributed by atoms with Gasteiger partial charge in [-0.25, -0.2) is 9.97 Å². The maximum Gasteiger partial charge on any atom is 0.180 e. The van der Waals surface area contributed by atoms with Gasteiger partial charge in [0, 0.05) is 56.4 Å². The van der Waals surface area contributed by atoms with Gasteiger partial charge in [0.2, 0.25) is 0 Å². The van der Waals surface area contributed by atoms with Gasteiger partial charge in [-0.15, -0.1) is 0 Å². The Labute approximate surface area is 146 Å². The highest BCUT2D eigenvalue weighted by Crippen LogP contribution is 2.26. The first-order valence-electron chi connectivity index (χ1n) is 8.52. The number of imidazole rings is 1. The van der Waals surface area contributed by atoms with Crippen molar-refractivity contribution in [2.45, 2.75) is 0 Å². The van der Waals surface area contributed by atoms with E-state index in [1.165, 1.54) is 0 Å². The molecule has 0 aliphatic carbocycles. The summed E-state index contributed by atoms with van der Waals surface area (Å²) in [5, 5.41) is 9.08. The van der Waals surface area contributed by atoms with Crippen LogP contribution in [0.3, 0.4) is 0 Å². The Morgan fingerprint density at radius 1 is 1.04 bits per heavy atom. The quantitative estimate of drug-likeness (QED) is 0.693. The Kier molecular flexibility index (Phi) is 4.25. The number of hydrogen-bond acceptors (Lipinski definition) is 6. The normalized spacial score (nSPS) is 15.8. The van der Waals surface area contributed by atoms with Crippen LogP contribution in [0.5, 0.6) is 0 Å². The molecule has 130 valence electrons. The molecular formula is C18H22N6O. The van der Waals surface area contributed by atoms with Gasteiger partial charge in [0.25, 0.3) is 0 Å². The van der Waals surface area contributed by atoms with Crippen LogP contribution in [0.2, 0.25) is 0 Å². The fourth-order valence-corrected chi connectivity index (χ4v) is 3.32. The molecule has 2 aromatic heterocycles. The van der Waals surface area contributed by atoms with Crippen molar-refractivity contribution in [3.63, 3.8) is 0 Å². The first-order valence-corrected chi connectivity index (χ1v) is 8.52. The number of hydrogen-bond donors (Lipinski definition) is 2. The molecule has 3 heterocycles. The number of piperazine rings is 1. The van der Waals surface area contributed by atoms with E-state index in [9.17, 15) is 0 Å². The molecule has 0 saturated carbocycles. The van der Waals surface area contributed by atoms with E-state index in [0.717, 1.165) is 61.1 Å². The maximum atomic E-state index is 9.08. The van der Waals surface area contributed by atoms with Crippen molar-refractivity contribution >= 4 is 17.2 Å². The van der Waals surface area contributed by atoms with Gasteiger partial charge < -0.3 is 15.7 Å². The van der Waals surface area contributed by atoms with Gasteiger partial charge in [0.15, 0.2) is 11.5 Å². The van der Waals surface area contributed by atoms with E-state index in [4.69, 9.17) is 15.8 Å². The van der Waals surface area contributed by atoms with Crippen molar-refractivity contribution in [2.24, 2.45) is 0 Å². The second kappa shape index (κ2) is 6.70. The molecule has 1 fully saturated rings. The number of nitrogens with two attached hydrogens (primary N) is 1. The third-order valence-electron chi connectivity index (χ3n) is 4.70. The number of nitrogens with zero attached hydrogens (tertiary/aromatic N) is 5. The fourth-order valence-electron chi connectivity index (χ4n) is 3.32. The van der Waals surface area contributed by atoms with Crippen LogP contribution in [0.4, 0.5) is 11.5 Å². The molecule has 0 amide bonds. The van der Waals surface area contributed by atoms with Crippen molar-refractivity contribution in [2.75, 3.05) is 50.0 Å². The molecule has 1 aromatic carbocycles. The van der Waals surface area contributed by atoms with Crippen molar-refractivity contribution in [3.05, 3.63) is 42.9 Å². The lowest BCUT2D eigenvalue weighted by Gasteiger charge is -2.35. The van der Waals surface area contributed by atoms with Gasteiger partial charge >= 0.3 is 0 Å². The monoisotopic (exact) mass is 338 g/mol. The summed E-state index contributed by atoms with van der Waals surface area (Å²) >= 11 is 0. The zero-order valence-electron chi connectivity index (χ0n) is 14.0. The predicted molar refractivity (Wildman–Crippen MR) is 98.6 cm³/mol. The van der Waals surface area contributed by atoms with Crippen molar-refractivity contribution in [1.82, 2.24) is 19.3 Å². The molecule has 25 heavy (non-hydrogen) atoms. The van der Waals surface area contributed by atoms with Crippen LogP contribution in [-0.4, -0.2) is 63.7 Å². The van der Waals surface area contributed by atoms with Crippen LogP contribution < -0.4 is 10.6 Å². The Morgan fingerprint density at radius 3 is 2.52 bits per heavy atom. The zero-order valence-corrected chi connectivity index (χ0v) is 14.0. The Bertz CT molecular complexity index is 852. The highest BCUT2D eigenvalue weighted by atomic mass is 16.3. The minimum absolute atomic E-state index is 0.207. The largest absolute Gasteiger partial charge is 0.399 e. The van der Waals surface area contributed by atoms with Crippen LogP contribution in [0.25, 0.3) is 16.9 Å². The molecule has 0 unspecified atom stereocenters. The molecule has 1 aliphatic rings. The number of benzene rings is 1. The Morgan fingerprint density at radius 2 is 1.80 bits per heavy atom. The van der Waals surface area contributed by atoms with Gasteiger partial charge in [-0.2, -0.15) is 0 Å². The maximum absolute atomic E-state index is 9.08. The van der Waals surface area contributed by atoms with Crippen LogP contribution in [-0.2, 0) is 0 Å². The molecule has 7 heteroatoms. The average Bonchev–Trinajstić information content (AvgIpc) is 3.13. The van der Waals surface area contributed by atoms with Gasteiger partial charge in [0.1, 0.15) is 0 Å². The van der Waals surface area contributed by atoms with Gasteiger partial charge in [-0.1, -0.05) is 12.1 Å². The lowest BCUT2D eigenvalue weighted by atomic mass is 10.1. The number of nitrogen functional groups attached to an aromatic ring is 1. The molecule has 3 aromatic rings. The van der Waals surface area contributed by atoms with Crippen LogP contribution in [0.1, 0.15) is 0 Å². The van der Waals surface area contributed by atoms with E-state index in [-0.39, 0.29) is 6.61 Å². The number of aromatic nitrogens is 3. The standard InChI is InChI=1S/C18H22N6O/c19-15-3-1-14(2-4-15)16-13-21-17(18-20-5-6-24(16)18)23-9-7-22(8-10-23)11-12-25/h1-6,13,25H,7-12,19H2. The van der Waals surface area contributed by atoms with Crippen molar-refractivity contribution in [1.29, 1.82) is 0 Å². The van der Waals surface area contributed by atoms with Gasteiger partial charge in [0.05, 0.1) is 18.5 Å². The summed E-state index contributed by atoms with van der Waals surface area (Å²) < 4.78 is 2.08. The van der Waals surface area contributed by atoms with E-state index >= 15 is 0 Å².